The summed E-state index contributed by atoms with van der Waals surface area (Å²) in [4.78, 5) is 13.5. The number of rotatable bonds is 4. The standard InChI is InChI=1S/C14H20N2OS.ClH/c1-18-12-6-4-11(5-7-12)16-13(17)14(10-15)8-2-3-9-14;/h4-7H,2-3,8-10,15H2,1H3,(H,16,17);1H. The minimum absolute atomic E-state index is 0. The first-order valence-electron chi connectivity index (χ1n) is 6.36. The van der Waals surface area contributed by atoms with Crippen LogP contribution in [0.5, 0.6) is 0 Å². The second-order valence-corrected chi connectivity index (χ2v) is 5.75. The molecule has 1 fully saturated rings. The van der Waals surface area contributed by atoms with E-state index in [0.717, 1.165) is 31.4 Å². The van der Waals surface area contributed by atoms with Gasteiger partial charge in [-0.25, -0.2) is 0 Å². The van der Waals surface area contributed by atoms with Crippen LogP contribution in [0, 0.1) is 5.41 Å². The van der Waals surface area contributed by atoms with Gasteiger partial charge in [-0.2, -0.15) is 0 Å². The monoisotopic (exact) mass is 300 g/mol. The van der Waals surface area contributed by atoms with E-state index in [1.807, 2.05) is 30.5 Å². The van der Waals surface area contributed by atoms with Gasteiger partial charge in [-0.3, -0.25) is 4.79 Å². The maximum Gasteiger partial charge on any atom is 0.231 e. The van der Waals surface area contributed by atoms with Gasteiger partial charge in [-0.1, -0.05) is 12.8 Å². The van der Waals surface area contributed by atoms with Crippen LogP contribution in [0.1, 0.15) is 25.7 Å². The molecule has 3 nitrogen and oxygen atoms in total. The molecule has 0 heterocycles. The Labute approximate surface area is 125 Å². The Kier molecular flexibility index (Phi) is 6.17. The first kappa shape index (κ1) is 16.3. The Morgan fingerprint density at radius 3 is 2.37 bits per heavy atom. The average Bonchev–Trinajstić information content (AvgIpc) is 2.89. The van der Waals surface area contributed by atoms with Crippen molar-refractivity contribution in [2.45, 2.75) is 30.6 Å². The van der Waals surface area contributed by atoms with E-state index in [1.54, 1.807) is 11.8 Å². The second kappa shape index (κ2) is 7.17. The highest BCUT2D eigenvalue weighted by molar-refractivity contribution is 7.98. The molecule has 1 aromatic carbocycles. The van der Waals surface area contributed by atoms with Gasteiger partial charge in [-0.05, 0) is 43.4 Å². The number of carbonyl (C=O) groups excluding carboxylic acids is 1. The number of hydrogen-bond acceptors (Lipinski definition) is 3. The summed E-state index contributed by atoms with van der Waals surface area (Å²) in [6, 6.07) is 7.93. The van der Waals surface area contributed by atoms with Crippen LogP contribution in [-0.4, -0.2) is 18.7 Å². The molecule has 5 heteroatoms. The SMILES string of the molecule is CSc1ccc(NC(=O)C2(CN)CCCC2)cc1.Cl. The number of benzene rings is 1. The fourth-order valence-electron chi connectivity index (χ4n) is 2.51. The van der Waals surface area contributed by atoms with Crippen LogP contribution in [0.3, 0.4) is 0 Å². The topological polar surface area (TPSA) is 55.1 Å². The number of nitrogens with two attached hydrogens (primary N) is 1. The van der Waals surface area contributed by atoms with E-state index in [1.165, 1.54) is 4.90 Å². The Hall–Kier alpha value is -0.710. The van der Waals surface area contributed by atoms with Crippen molar-refractivity contribution in [3.63, 3.8) is 0 Å². The van der Waals surface area contributed by atoms with Gasteiger partial charge in [0.05, 0.1) is 5.41 Å². The predicted octanol–water partition coefficient (Wildman–Crippen LogP) is 3.29. The molecule has 0 unspecified atom stereocenters. The molecular formula is C14H21ClN2OS. The normalized spacial score (nSPS) is 16.7. The van der Waals surface area contributed by atoms with Crippen molar-refractivity contribution >= 4 is 35.8 Å². The highest BCUT2D eigenvalue weighted by atomic mass is 35.5. The third-order valence-corrected chi connectivity index (χ3v) is 4.52. The number of anilines is 1. The van der Waals surface area contributed by atoms with Crippen LogP contribution in [0.2, 0.25) is 0 Å². The summed E-state index contributed by atoms with van der Waals surface area (Å²) in [7, 11) is 0. The van der Waals surface area contributed by atoms with Crippen molar-refractivity contribution in [3.05, 3.63) is 24.3 Å². The fourth-order valence-corrected chi connectivity index (χ4v) is 2.92. The predicted molar refractivity (Wildman–Crippen MR) is 84.1 cm³/mol. The molecular weight excluding hydrogens is 280 g/mol. The number of carbonyl (C=O) groups is 1. The minimum atomic E-state index is -0.335. The molecule has 0 bridgehead atoms. The summed E-state index contributed by atoms with van der Waals surface area (Å²) >= 11 is 1.69. The zero-order valence-electron chi connectivity index (χ0n) is 11.1. The van der Waals surface area contributed by atoms with Gasteiger partial charge in [0.25, 0.3) is 0 Å². The van der Waals surface area contributed by atoms with E-state index in [2.05, 4.69) is 5.32 Å². The smallest absolute Gasteiger partial charge is 0.231 e. The number of nitrogens with one attached hydrogen (secondary N) is 1. The number of amides is 1. The number of thioether (sulfide) groups is 1. The molecule has 0 atom stereocenters. The molecule has 0 radical (unpaired) electrons. The zero-order valence-corrected chi connectivity index (χ0v) is 12.8. The second-order valence-electron chi connectivity index (χ2n) is 4.87. The van der Waals surface area contributed by atoms with Crippen LogP contribution < -0.4 is 11.1 Å². The lowest BCUT2D eigenvalue weighted by molar-refractivity contribution is -0.124. The zero-order chi connectivity index (χ0) is 13.0. The molecule has 1 saturated carbocycles. The number of halogens is 1. The van der Waals surface area contributed by atoms with Crippen LogP contribution in [0.4, 0.5) is 5.69 Å². The van der Waals surface area contributed by atoms with Gasteiger partial charge < -0.3 is 11.1 Å². The molecule has 0 aliphatic heterocycles. The van der Waals surface area contributed by atoms with Gasteiger partial charge in [0, 0.05) is 17.1 Å². The Bertz CT molecular complexity index is 416. The summed E-state index contributed by atoms with van der Waals surface area (Å²) < 4.78 is 0. The maximum absolute atomic E-state index is 12.3. The van der Waals surface area contributed by atoms with E-state index in [9.17, 15) is 4.79 Å². The van der Waals surface area contributed by atoms with Crippen molar-refractivity contribution in [1.29, 1.82) is 0 Å². The van der Waals surface area contributed by atoms with Gasteiger partial charge in [-0.15, -0.1) is 24.2 Å². The average molecular weight is 301 g/mol. The van der Waals surface area contributed by atoms with Crippen molar-refractivity contribution in [3.8, 4) is 0 Å². The van der Waals surface area contributed by atoms with E-state index >= 15 is 0 Å². The van der Waals surface area contributed by atoms with Crippen molar-refractivity contribution in [1.82, 2.24) is 0 Å². The third kappa shape index (κ3) is 3.65. The first-order chi connectivity index (χ1) is 8.70. The molecule has 1 aliphatic rings. The van der Waals surface area contributed by atoms with E-state index in [0.29, 0.717) is 6.54 Å². The number of hydrogen-bond donors (Lipinski definition) is 2. The molecule has 0 aromatic heterocycles. The fraction of sp³-hybridized carbons (Fsp3) is 0.500. The van der Waals surface area contributed by atoms with Gasteiger partial charge >= 0.3 is 0 Å². The summed E-state index contributed by atoms with van der Waals surface area (Å²) in [5.74, 6) is 0.0828. The van der Waals surface area contributed by atoms with Gasteiger partial charge in [0.15, 0.2) is 0 Å². The maximum atomic E-state index is 12.3. The Morgan fingerprint density at radius 2 is 1.89 bits per heavy atom. The van der Waals surface area contributed by atoms with Crippen molar-refractivity contribution in [2.24, 2.45) is 11.1 Å². The lowest BCUT2D eigenvalue weighted by Gasteiger charge is -2.25. The lowest BCUT2D eigenvalue weighted by atomic mass is 9.85. The van der Waals surface area contributed by atoms with Crippen LogP contribution >= 0.6 is 24.2 Å². The summed E-state index contributed by atoms with van der Waals surface area (Å²) in [5.41, 5.74) is 6.33. The largest absolute Gasteiger partial charge is 0.329 e. The van der Waals surface area contributed by atoms with E-state index in [-0.39, 0.29) is 23.7 Å². The van der Waals surface area contributed by atoms with Gasteiger partial charge in [0.2, 0.25) is 5.91 Å². The van der Waals surface area contributed by atoms with Crippen LogP contribution in [0.15, 0.2) is 29.2 Å². The van der Waals surface area contributed by atoms with Crippen molar-refractivity contribution < 1.29 is 4.79 Å². The van der Waals surface area contributed by atoms with Crippen LogP contribution in [-0.2, 0) is 4.79 Å². The highest BCUT2D eigenvalue weighted by Crippen LogP contribution is 2.38. The molecule has 3 N–H and O–H groups in total. The van der Waals surface area contributed by atoms with E-state index < -0.39 is 0 Å². The van der Waals surface area contributed by atoms with Gasteiger partial charge in [0.1, 0.15) is 0 Å². The summed E-state index contributed by atoms with van der Waals surface area (Å²) in [6.07, 6.45) is 6.08. The molecule has 1 aliphatic carbocycles. The molecule has 0 saturated heterocycles. The third-order valence-electron chi connectivity index (χ3n) is 3.78. The Morgan fingerprint density at radius 1 is 1.32 bits per heavy atom. The molecule has 1 aromatic rings. The molecule has 2 rings (SSSR count). The molecule has 0 spiro atoms. The minimum Gasteiger partial charge on any atom is -0.329 e. The highest BCUT2D eigenvalue weighted by Gasteiger charge is 2.39. The van der Waals surface area contributed by atoms with E-state index in [4.69, 9.17) is 5.73 Å². The molecule has 19 heavy (non-hydrogen) atoms. The molecule has 1 amide bonds. The van der Waals surface area contributed by atoms with Crippen molar-refractivity contribution in [2.75, 3.05) is 18.1 Å². The summed E-state index contributed by atoms with van der Waals surface area (Å²) in [5, 5.41) is 3.00. The summed E-state index contributed by atoms with van der Waals surface area (Å²) in [6.45, 7) is 0.446. The quantitative estimate of drug-likeness (QED) is 0.839. The van der Waals surface area contributed by atoms with Crippen LogP contribution in [0.25, 0.3) is 0 Å². The first-order valence-corrected chi connectivity index (χ1v) is 7.58. The Balaban J connectivity index is 0.00000180. The molecule has 106 valence electrons. The lowest BCUT2D eigenvalue weighted by Crippen LogP contribution is -2.40.